The van der Waals surface area contributed by atoms with Gasteiger partial charge < -0.3 is 10.3 Å². The maximum atomic E-state index is 12.8. The molecule has 0 saturated carbocycles. The molecule has 1 amide bonds. The normalized spacial score (nSPS) is 13.0. The van der Waals surface area contributed by atoms with E-state index in [2.05, 4.69) is 15.3 Å². The first-order valence-corrected chi connectivity index (χ1v) is 11.3. The average Bonchev–Trinajstić information content (AvgIpc) is 3.15. The molecule has 0 radical (unpaired) electrons. The minimum atomic E-state index is -3.88. The first kappa shape index (κ1) is 22.6. The Hall–Kier alpha value is -3.04. The van der Waals surface area contributed by atoms with E-state index >= 15 is 0 Å². The molecule has 1 heterocycles. The predicted molar refractivity (Wildman–Crippen MR) is 118 cm³/mol. The number of nitrogens with one attached hydrogen (secondary N) is 2. The van der Waals surface area contributed by atoms with Gasteiger partial charge in [0.1, 0.15) is 5.82 Å². The molecule has 0 aliphatic rings. The quantitative estimate of drug-likeness (QED) is 0.521. The summed E-state index contributed by atoms with van der Waals surface area (Å²) in [6.45, 7) is 4.97. The molecule has 8 nitrogen and oxygen atoms in total. The number of carbonyl (C=O) groups excluding carboxylic acids is 2. The van der Waals surface area contributed by atoms with Gasteiger partial charge in [0.05, 0.1) is 28.5 Å². The third kappa shape index (κ3) is 5.00. The van der Waals surface area contributed by atoms with E-state index in [0.717, 1.165) is 15.3 Å². The molecule has 1 atom stereocenters. The van der Waals surface area contributed by atoms with Crippen molar-refractivity contribution in [3.63, 3.8) is 0 Å². The molecular weight excluding hydrogens is 416 g/mol. The summed E-state index contributed by atoms with van der Waals surface area (Å²) in [4.78, 5) is 31.9. The van der Waals surface area contributed by atoms with Crippen molar-refractivity contribution in [3.8, 4) is 0 Å². The number of aromatic amines is 1. The van der Waals surface area contributed by atoms with Gasteiger partial charge >= 0.3 is 0 Å². The highest BCUT2D eigenvalue weighted by atomic mass is 32.2. The van der Waals surface area contributed by atoms with Crippen molar-refractivity contribution >= 4 is 32.7 Å². The third-order valence-corrected chi connectivity index (χ3v) is 6.84. The highest BCUT2D eigenvalue weighted by Crippen LogP contribution is 2.22. The number of rotatable bonds is 8. The Kier molecular flexibility index (Phi) is 6.56. The number of H-pyrrole nitrogens is 1. The van der Waals surface area contributed by atoms with Gasteiger partial charge in [0.15, 0.2) is 5.78 Å². The third-order valence-electron chi connectivity index (χ3n) is 5.02. The maximum Gasteiger partial charge on any atom is 0.243 e. The number of hydrogen-bond acceptors (Lipinski definition) is 5. The van der Waals surface area contributed by atoms with Crippen LogP contribution < -0.4 is 5.32 Å². The van der Waals surface area contributed by atoms with Crippen LogP contribution in [0.2, 0.25) is 0 Å². The fraction of sp³-hybridized carbons (Fsp3) is 0.318. The van der Waals surface area contributed by atoms with Crippen LogP contribution in [0.3, 0.4) is 0 Å². The second-order valence-corrected chi connectivity index (χ2v) is 9.81. The van der Waals surface area contributed by atoms with Gasteiger partial charge in [-0.05, 0) is 37.1 Å². The zero-order chi connectivity index (χ0) is 22.8. The molecule has 2 aromatic carbocycles. The number of imidazole rings is 1. The largest absolute Gasteiger partial charge is 0.345 e. The number of ketones is 1. The zero-order valence-electron chi connectivity index (χ0n) is 17.9. The van der Waals surface area contributed by atoms with Crippen molar-refractivity contribution in [1.82, 2.24) is 19.6 Å². The van der Waals surface area contributed by atoms with Crippen LogP contribution in [0.4, 0.5) is 0 Å². The van der Waals surface area contributed by atoms with Crippen LogP contribution in [0.25, 0.3) is 11.0 Å². The van der Waals surface area contributed by atoms with E-state index in [-0.39, 0.29) is 23.1 Å². The summed E-state index contributed by atoms with van der Waals surface area (Å²) < 4.78 is 26.6. The summed E-state index contributed by atoms with van der Waals surface area (Å²) in [5.41, 5.74) is 2.09. The number of para-hydroxylation sites is 2. The number of nitrogens with zero attached hydrogens (tertiary/aromatic N) is 2. The van der Waals surface area contributed by atoms with Crippen LogP contribution in [-0.2, 0) is 14.8 Å². The fourth-order valence-electron chi connectivity index (χ4n) is 3.22. The predicted octanol–water partition coefficient (Wildman–Crippen LogP) is 2.90. The van der Waals surface area contributed by atoms with Crippen LogP contribution in [0, 0.1) is 5.92 Å². The standard InChI is InChI=1S/C22H26N4O4S/c1-14(2)21(22-23-18-7-5-6-8-19(18)24-22)25-20(28)13-26(4)31(29,30)17-11-9-16(10-12-17)15(3)27/h5-12,14,21H,13H2,1-4H3,(H,23,24)(H,25,28)/t21-/m1/s1. The van der Waals surface area contributed by atoms with E-state index in [9.17, 15) is 18.0 Å². The molecule has 0 unspecified atom stereocenters. The SMILES string of the molecule is CC(=O)c1ccc(S(=O)(=O)N(C)CC(=O)N[C@@H](c2nc3ccccc3[nH]2)C(C)C)cc1. The van der Waals surface area contributed by atoms with Gasteiger partial charge in [-0.25, -0.2) is 13.4 Å². The molecule has 9 heteroatoms. The number of sulfonamides is 1. The molecule has 0 aliphatic heterocycles. The van der Waals surface area contributed by atoms with Gasteiger partial charge in [0.25, 0.3) is 0 Å². The summed E-state index contributed by atoms with van der Waals surface area (Å²) in [5, 5.41) is 2.89. The molecule has 3 aromatic rings. The Balaban J connectivity index is 1.73. The average molecular weight is 443 g/mol. The van der Waals surface area contributed by atoms with E-state index in [1.807, 2.05) is 38.1 Å². The van der Waals surface area contributed by atoms with Crippen LogP contribution in [0.15, 0.2) is 53.4 Å². The minimum absolute atomic E-state index is 0.0190. The van der Waals surface area contributed by atoms with E-state index in [1.54, 1.807) is 0 Å². The molecule has 0 fully saturated rings. The molecule has 0 spiro atoms. The molecule has 0 aliphatic carbocycles. The van der Waals surface area contributed by atoms with E-state index in [1.165, 1.54) is 38.2 Å². The van der Waals surface area contributed by atoms with Gasteiger partial charge in [0, 0.05) is 12.6 Å². The molecule has 1 aromatic heterocycles. The second-order valence-electron chi connectivity index (χ2n) is 7.77. The summed E-state index contributed by atoms with van der Waals surface area (Å²) >= 11 is 0. The number of aromatic nitrogens is 2. The Morgan fingerprint density at radius 3 is 2.32 bits per heavy atom. The van der Waals surface area contributed by atoms with Crippen LogP contribution in [0.5, 0.6) is 0 Å². The van der Waals surface area contributed by atoms with Crippen molar-refractivity contribution in [2.75, 3.05) is 13.6 Å². The molecule has 3 rings (SSSR count). The molecule has 2 N–H and O–H groups in total. The Morgan fingerprint density at radius 1 is 1.10 bits per heavy atom. The monoisotopic (exact) mass is 442 g/mol. The van der Waals surface area contributed by atoms with Crippen molar-refractivity contribution in [2.45, 2.75) is 31.7 Å². The number of hydrogen-bond donors (Lipinski definition) is 2. The van der Waals surface area contributed by atoms with Gasteiger partial charge in [-0.15, -0.1) is 0 Å². The lowest BCUT2D eigenvalue weighted by Crippen LogP contribution is -2.41. The Bertz CT molecular complexity index is 1170. The lowest BCUT2D eigenvalue weighted by Gasteiger charge is -2.22. The first-order chi connectivity index (χ1) is 14.6. The number of likely N-dealkylation sites (N-methyl/N-ethyl adjacent to an activating group) is 1. The van der Waals surface area contributed by atoms with Crippen molar-refractivity contribution in [3.05, 3.63) is 59.9 Å². The first-order valence-electron chi connectivity index (χ1n) is 9.91. The summed E-state index contributed by atoms with van der Waals surface area (Å²) in [5.74, 6) is 0.0630. The zero-order valence-corrected chi connectivity index (χ0v) is 18.7. The topological polar surface area (TPSA) is 112 Å². The van der Waals surface area contributed by atoms with E-state index < -0.39 is 22.0 Å². The van der Waals surface area contributed by atoms with Crippen molar-refractivity contribution < 1.29 is 18.0 Å². The van der Waals surface area contributed by atoms with Gasteiger partial charge in [-0.2, -0.15) is 4.31 Å². The summed E-state index contributed by atoms with van der Waals surface area (Å²) in [6.07, 6.45) is 0. The van der Waals surface area contributed by atoms with Gasteiger partial charge in [-0.1, -0.05) is 38.1 Å². The maximum absolute atomic E-state index is 12.8. The van der Waals surface area contributed by atoms with Crippen molar-refractivity contribution in [1.29, 1.82) is 0 Å². The Labute approximate surface area is 181 Å². The molecule has 0 saturated heterocycles. The molecular formula is C22H26N4O4S. The van der Waals surface area contributed by atoms with Crippen LogP contribution >= 0.6 is 0 Å². The summed E-state index contributed by atoms with van der Waals surface area (Å²) in [6, 6.07) is 12.8. The lowest BCUT2D eigenvalue weighted by molar-refractivity contribution is -0.122. The van der Waals surface area contributed by atoms with Gasteiger partial charge in [-0.3, -0.25) is 9.59 Å². The highest BCUT2D eigenvalue weighted by Gasteiger charge is 2.26. The number of carbonyl (C=O) groups is 2. The van der Waals surface area contributed by atoms with Gasteiger partial charge in [0.2, 0.25) is 15.9 Å². The van der Waals surface area contributed by atoms with Crippen LogP contribution in [0.1, 0.15) is 43.0 Å². The number of Topliss-reactive ketones (excluding diaryl/α,β-unsaturated/α-hetero) is 1. The smallest absolute Gasteiger partial charge is 0.243 e. The molecule has 0 bridgehead atoms. The lowest BCUT2D eigenvalue weighted by atomic mass is 10.0. The number of fused-ring (bicyclic) bond motifs is 1. The summed E-state index contributed by atoms with van der Waals surface area (Å²) in [7, 11) is -2.53. The van der Waals surface area contributed by atoms with Crippen LogP contribution in [-0.4, -0.2) is 48.0 Å². The van der Waals surface area contributed by atoms with E-state index in [0.29, 0.717) is 11.4 Å². The highest BCUT2D eigenvalue weighted by molar-refractivity contribution is 7.89. The molecule has 164 valence electrons. The number of amides is 1. The van der Waals surface area contributed by atoms with E-state index in [4.69, 9.17) is 0 Å². The van der Waals surface area contributed by atoms with Crippen molar-refractivity contribution in [2.24, 2.45) is 5.92 Å². The molecule has 31 heavy (non-hydrogen) atoms. The second kappa shape index (κ2) is 8.99. The Morgan fingerprint density at radius 2 is 1.74 bits per heavy atom. The minimum Gasteiger partial charge on any atom is -0.345 e. The number of benzene rings is 2. The fourth-order valence-corrected chi connectivity index (χ4v) is 4.35.